The van der Waals surface area contributed by atoms with Crippen molar-refractivity contribution in [2.75, 3.05) is 25.6 Å². The molecule has 0 aromatic heterocycles. The fraction of sp³-hybridized carbons (Fsp3) is 0.316. The molecule has 5 heteroatoms. The molecule has 1 aliphatic rings. The molecule has 1 heterocycles. The van der Waals surface area contributed by atoms with Crippen LogP contribution in [0.3, 0.4) is 0 Å². The number of carbonyl (C=O) groups excluding carboxylic acids is 1. The predicted molar refractivity (Wildman–Crippen MR) is 92.2 cm³/mol. The Kier molecular flexibility index (Phi) is 5.13. The fourth-order valence-corrected chi connectivity index (χ4v) is 2.78. The molecule has 0 spiro atoms. The van der Waals surface area contributed by atoms with Gasteiger partial charge in [0.1, 0.15) is 5.75 Å². The van der Waals surface area contributed by atoms with Crippen LogP contribution in [0.1, 0.15) is 6.92 Å². The summed E-state index contributed by atoms with van der Waals surface area (Å²) in [7, 11) is 1.65. The van der Waals surface area contributed by atoms with Gasteiger partial charge in [0.2, 0.25) is 0 Å². The highest BCUT2D eigenvalue weighted by Gasteiger charge is 2.29. The first kappa shape index (κ1) is 16.5. The minimum Gasteiger partial charge on any atom is -0.496 e. The Hall–Kier alpha value is -2.37. The van der Waals surface area contributed by atoms with Gasteiger partial charge in [0.15, 0.2) is 6.10 Å². The van der Waals surface area contributed by atoms with Crippen molar-refractivity contribution in [1.29, 1.82) is 0 Å². The van der Waals surface area contributed by atoms with E-state index in [1.807, 2.05) is 55.5 Å². The van der Waals surface area contributed by atoms with Crippen LogP contribution >= 0.6 is 0 Å². The largest absolute Gasteiger partial charge is 0.496 e. The van der Waals surface area contributed by atoms with Crippen LogP contribution in [0.25, 0.3) is 11.1 Å². The third-order valence-corrected chi connectivity index (χ3v) is 3.99. The van der Waals surface area contributed by atoms with Crippen LogP contribution in [-0.2, 0) is 14.3 Å². The smallest absolute Gasteiger partial charge is 0.256 e. The van der Waals surface area contributed by atoms with E-state index < -0.39 is 6.10 Å². The number of ether oxygens (including phenoxy) is 3. The highest BCUT2D eigenvalue weighted by atomic mass is 16.6. The van der Waals surface area contributed by atoms with Crippen LogP contribution in [0.15, 0.2) is 48.5 Å². The van der Waals surface area contributed by atoms with Gasteiger partial charge in [-0.15, -0.1) is 0 Å². The number of anilines is 1. The zero-order valence-electron chi connectivity index (χ0n) is 13.8. The van der Waals surface area contributed by atoms with E-state index in [4.69, 9.17) is 14.2 Å². The van der Waals surface area contributed by atoms with Crippen LogP contribution in [-0.4, -0.2) is 38.4 Å². The predicted octanol–water partition coefficient (Wildman–Crippen LogP) is 3.10. The van der Waals surface area contributed by atoms with Crippen LogP contribution in [0.4, 0.5) is 5.69 Å². The van der Waals surface area contributed by atoms with Gasteiger partial charge < -0.3 is 19.5 Å². The maximum Gasteiger partial charge on any atom is 0.256 e. The fourth-order valence-electron chi connectivity index (χ4n) is 2.78. The highest BCUT2D eigenvalue weighted by Crippen LogP contribution is 2.31. The molecule has 0 bridgehead atoms. The zero-order chi connectivity index (χ0) is 16.9. The highest BCUT2D eigenvalue weighted by molar-refractivity contribution is 5.95. The molecule has 126 valence electrons. The maximum absolute atomic E-state index is 12.4. The maximum atomic E-state index is 12.4. The van der Waals surface area contributed by atoms with Gasteiger partial charge in [-0.25, -0.2) is 0 Å². The minimum absolute atomic E-state index is 0.195. The Morgan fingerprint density at radius 1 is 1.12 bits per heavy atom. The lowest BCUT2D eigenvalue weighted by Gasteiger charge is -2.28. The summed E-state index contributed by atoms with van der Waals surface area (Å²) in [6, 6.07) is 15.4. The van der Waals surface area contributed by atoms with Gasteiger partial charge in [-0.1, -0.05) is 30.3 Å². The van der Waals surface area contributed by atoms with Crippen molar-refractivity contribution in [1.82, 2.24) is 0 Å². The van der Waals surface area contributed by atoms with E-state index in [1.54, 1.807) is 7.11 Å². The zero-order valence-corrected chi connectivity index (χ0v) is 13.8. The van der Waals surface area contributed by atoms with E-state index >= 15 is 0 Å². The lowest BCUT2D eigenvalue weighted by molar-refractivity contribution is -0.157. The molecule has 5 nitrogen and oxygen atoms in total. The van der Waals surface area contributed by atoms with E-state index in [2.05, 4.69) is 5.32 Å². The Balaban J connectivity index is 1.79. The molecule has 1 fully saturated rings. The summed E-state index contributed by atoms with van der Waals surface area (Å²) in [5, 5.41) is 2.90. The number of benzene rings is 2. The monoisotopic (exact) mass is 327 g/mol. The topological polar surface area (TPSA) is 56.8 Å². The number of para-hydroxylation sites is 1. The molecule has 2 aromatic rings. The molecule has 2 aromatic carbocycles. The quantitative estimate of drug-likeness (QED) is 0.937. The minimum atomic E-state index is -0.589. The Labute approximate surface area is 141 Å². The summed E-state index contributed by atoms with van der Waals surface area (Å²) >= 11 is 0. The van der Waals surface area contributed by atoms with Crippen LogP contribution < -0.4 is 10.1 Å². The molecule has 1 saturated heterocycles. The van der Waals surface area contributed by atoms with Gasteiger partial charge in [-0.2, -0.15) is 0 Å². The van der Waals surface area contributed by atoms with Crippen LogP contribution in [0.2, 0.25) is 0 Å². The molecule has 2 atom stereocenters. The third-order valence-electron chi connectivity index (χ3n) is 3.99. The Morgan fingerprint density at radius 3 is 2.71 bits per heavy atom. The summed E-state index contributed by atoms with van der Waals surface area (Å²) in [4.78, 5) is 12.4. The summed E-state index contributed by atoms with van der Waals surface area (Å²) in [6.45, 7) is 2.80. The molecule has 3 rings (SSSR count). The van der Waals surface area contributed by atoms with Crippen molar-refractivity contribution in [3.63, 3.8) is 0 Å². The average molecular weight is 327 g/mol. The van der Waals surface area contributed by atoms with Crippen molar-refractivity contribution in [2.45, 2.75) is 19.1 Å². The summed E-state index contributed by atoms with van der Waals surface area (Å²) in [5.74, 6) is 0.595. The first-order chi connectivity index (χ1) is 11.7. The standard InChI is InChI=1S/C19H21NO4/c1-13-18(24-11-10-23-13)19(21)20-15-7-5-6-14(12-15)16-8-3-4-9-17(16)22-2/h3-9,12-13,18H,10-11H2,1-2H3,(H,20,21)/t13-,18-/m1/s1. The van der Waals surface area contributed by atoms with E-state index in [1.165, 1.54) is 0 Å². The van der Waals surface area contributed by atoms with Crippen LogP contribution in [0.5, 0.6) is 5.75 Å². The third kappa shape index (κ3) is 3.58. The SMILES string of the molecule is COc1ccccc1-c1cccc(NC(=O)[C@@H]2OCCO[C@@H]2C)c1. The second kappa shape index (κ2) is 7.47. The molecule has 0 saturated carbocycles. The van der Waals surface area contributed by atoms with Gasteiger partial charge in [-0.05, 0) is 30.7 Å². The number of rotatable bonds is 4. The number of methoxy groups -OCH3 is 1. The molecule has 0 unspecified atom stereocenters. The Morgan fingerprint density at radius 2 is 1.92 bits per heavy atom. The molecular formula is C19H21NO4. The lowest BCUT2D eigenvalue weighted by atomic mass is 10.0. The van der Waals surface area contributed by atoms with E-state index in [-0.39, 0.29) is 12.0 Å². The molecule has 0 aliphatic carbocycles. The van der Waals surface area contributed by atoms with Gasteiger partial charge in [0.05, 0.1) is 26.4 Å². The number of hydrogen-bond donors (Lipinski definition) is 1. The van der Waals surface area contributed by atoms with Gasteiger partial charge in [-0.3, -0.25) is 4.79 Å². The van der Waals surface area contributed by atoms with Crippen molar-refractivity contribution in [3.05, 3.63) is 48.5 Å². The second-order valence-corrected chi connectivity index (χ2v) is 5.64. The van der Waals surface area contributed by atoms with E-state index in [9.17, 15) is 4.79 Å². The number of carbonyl (C=O) groups is 1. The summed E-state index contributed by atoms with van der Waals surface area (Å²) in [6.07, 6.45) is -0.843. The summed E-state index contributed by atoms with van der Waals surface area (Å²) in [5.41, 5.74) is 2.66. The normalized spacial score (nSPS) is 20.4. The van der Waals surface area contributed by atoms with Gasteiger partial charge in [0, 0.05) is 11.3 Å². The Bertz CT molecular complexity index is 716. The average Bonchev–Trinajstić information content (AvgIpc) is 2.62. The van der Waals surface area contributed by atoms with E-state index in [0.717, 1.165) is 16.9 Å². The summed E-state index contributed by atoms with van der Waals surface area (Å²) < 4.78 is 16.4. The second-order valence-electron chi connectivity index (χ2n) is 5.64. The molecule has 24 heavy (non-hydrogen) atoms. The molecule has 1 amide bonds. The van der Waals surface area contributed by atoms with Crippen molar-refractivity contribution in [2.24, 2.45) is 0 Å². The van der Waals surface area contributed by atoms with Crippen LogP contribution in [0, 0.1) is 0 Å². The van der Waals surface area contributed by atoms with Crippen molar-refractivity contribution >= 4 is 11.6 Å². The van der Waals surface area contributed by atoms with E-state index in [0.29, 0.717) is 18.9 Å². The lowest BCUT2D eigenvalue weighted by Crippen LogP contribution is -2.44. The number of nitrogens with one attached hydrogen (secondary N) is 1. The molecule has 1 N–H and O–H groups in total. The number of hydrogen-bond acceptors (Lipinski definition) is 4. The van der Waals surface area contributed by atoms with Crippen molar-refractivity contribution in [3.8, 4) is 16.9 Å². The van der Waals surface area contributed by atoms with Gasteiger partial charge >= 0.3 is 0 Å². The molecular weight excluding hydrogens is 306 g/mol. The number of amides is 1. The molecule has 1 aliphatic heterocycles. The van der Waals surface area contributed by atoms with Gasteiger partial charge in [0.25, 0.3) is 5.91 Å². The molecule has 0 radical (unpaired) electrons. The first-order valence-corrected chi connectivity index (χ1v) is 7.96. The van der Waals surface area contributed by atoms with Crippen molar-refractivity contribution < 1.29 is 19.0 Å². The first-order valence-electron chi connectivity index (χ1n) is 7.96.